The minimum atomic E-state index is -3.62. The Morgan fingerprint density at radius 1 is 1.14 bits per heavy atom. The van der Waals surface area contributed by atoms with E-state index in [1.54, 1.807) is 30.0 Å². The zero-order valence-corrected chi connectivity index (χ0v) is 18.8. The first kappa shape index (κ1) is 22.9. The third kappa shape index (κ3) is 6.88. The van der Waals surface area contributed by atoms with Crippen LogP contribution in [0, 0.1) is 6.92 Å². The van der Waals surface area contributed by atoms with Crippen LogP contribution in [0.15, 0.2) is 42.5 Å². The lowest BCUT2D eigenvalue weighted by Gasteiger charge is -2.22. The molecule has 0 aliphatic rings. The highest BCUT2D eigenvalue weighted by Crippen LogP contribution is 2.24. The van der Waals surface area contributed by atoms with Gasteiger partial charge in [-0.2, -0.15) is 11.8 Å². The maximum Gasteiger partial charge on any atom is 0.240 e. The van der Waals surface area contributed by atoms with Gasteiger partial charge in [0.15, 0.2) is 0 Å². The van der Waals surface area contributed by atoms with Crippen LogP contribution < -0.4 is 9.62 Å². The van der Waals surface area contributed by atoms with Gasteiger partial charge < -0.3 is 5.32 Å². The van der Waals surface area contributed by atoms with Crippen molar-refractivity contribution in [2.24, 2.45) is 0 Å². The van der Waals surface area contributed by atoms with Gasteiger partial charge in [0.05, 0.1) is 11.9 Å². The Bertz CT molecular complexity index is 937. The number of benzene rings is 2. The maximum atomic E-state index is 12.2. The number of nitrogens with one attached hydrogen (secondary N) is 1. The second kappa shape index (κ2) is 10.4. The van der Waals surface area contributed by atoms with Gasteiger partial charge in [-0.15, -0.1) is 0 Å². The van der Waals surface area contributed by atoms with Crippen molar-refractivity contribution < 1.29 is 13.2 Å². The number of anilines is 1. The second-order valence-electron chi connectivity index (χ2n) is 6.20. The Kier molecular flexibility index (Phi) is 8.49. The Hall–Kier alpha value is -1.41. The molecule has 0 spiro atoms. The van der Waals surface area contributed by atoms with Crippen molar-refractivity contribution in [3.05, 3.63) is 63.6 Å². The number of amides is 1. The molecule has 0 bridgehead atoms. The molecule has 0 saturated heterocycles. The van der Waals surface area contributed by atoms with Crippen LogP contribution in [0.1, 0.15) is 11.1 Å². The summed E-state index contributed by atoms with van der Waals surface area (Å²) in [6, 6.07) is 12.5. The number of halogens is 2. The van der Waals surface area contributed by atoms with Crippen LogP contribution in [0.25, 0.3) is 0 Å². The number of nitrogens with zero attached hydrogens (tertiary/aromatic N) is 1. The van der Waals surface area contributed by atoms with Gasteiger partial charge in [0.25, 0.3) is 0 Å². The summed E-state index contributed by atoms with van der Waals surface area (Å²) in [6.07, 6.45) is 1.06. The van der Waals surface area contributed by atoms with E-state index in [0.717, 1.165) is 32.5 Å². The van der Waals surface area contributed by atoms with Gasteiger partial charge in [0, 0.05) is 28.1 Å². The number of hydrogen-bond donors (Lipinski definition) is 1. The molecular weight excluding hydrogens is 439 g/mol. The number of sulfonamides is 1. The molecule has 2 aromatic carbocycles. The van der Waals surface area contributed by atoms with E-state index in [9.17, 15) is 13.2 Å². The van der Waals surface area contributed by atoms with Crippen molar-refractivity contribution in [3.8, 4) is 0 Å². The van der Waals surface area contributed by atoms with Crippen LogP contribution in [0.3, 0.4) is 0 Å². The first-order chi connectivity index (χ1) is 13.2. The van der Waals surface area contributed by atoms with Gasteiger partial charge in [-0.25, -0.2) is 8.42 Å². The van der Waals surface area contributed by atoms with Gasteiger partial charge in [-0.05, 0) is 36.2 Å². The molecule has 9 heteroatoms. The predicted molar refractivity (Wildman–Crippen MR) is 119 cm³/mol. The van der Waals surface area contributed by atoms with Crippen molar-refractivity contribution in [1.82, 2.24) is 5.32 Å². The molecular formula is C19H22Cl2N2O3S2. The summed E-state index contributed by atoms with van der Waals surface area (Å²) in [7, 11) is -3.62. The molecule has 0 aromatic heterocycles. The highest BCUT2D eigenvalue weighted by molar-refractivity contribution is 7.98. The third-order valence-corrected chi connectivity index (χ3v) is 6.84. The molecule has 152 valence electrons. The van der Waals surface area contributed by atoms with Gasteiger partial charge in [-0.3, -0.25) is 9.10 Å². The van der Waals surface area contributed by atoms with Crippen LogP contribution in [0.5, 0.6) is 0 Å². The fraction of sp³-hybridized carbons (Fsp3) is 0.316. The lowest BCUT2D eigenvalue weighted by molar-refractivity contribution is -0.119. The fourth-order valence-electron chi connectivity index (χ4n) is 2.38. The molecule has 0 aliphatic carbocycles. The first-order valence-electron chi connectivity index (χ1n) is 8.50. The monoisotopic (exact) mass is 460 g/mol. The number of carbonyl (C=O) groups excluding carboxylic acids is 1. The van der Waals surface area contributed by atoms with E-state index in [1.807, 2.05) is 31.2 Å². The summed E-state index contributed by atoms with van der Waals surface area (Å²) in [5.41, 5.74) is 2.24. The van der Waals surface area contributed by atoms with Crippen LogP contribution in [-0.2, 0) is 20.6 Å². The molecule has 2 rings (SSSR count). The van der Waals surface area contributed by atoms with E-state index in [2.05, 4.69) is 5.32 Å². The zero-order chi connectivity index (χ0) is 20.7. The fourth-order valence-corrected chi connectivity index (χ4v) is 4.55. The summed E-state index contributed by atoms with van der Waals surface area (Å²) in [5.74, 6) is 1.06. The Morgan fingerprint density at radius 3 is 2.50 bits per heavy atom. The van der Waals surface area contributed by atoms with Crippen LogP contribution in [0.2, 0.25) is 10.0 Å². The quantitative estimate of drug-likeness (QED) is 0.571. The Balaban J connectivity index is 1.86. The van der Waals surface area contributed by atoms with E-state index in [0.29, 0.717) is 23.0 Å². The van der Waals surface area contributed by atoms with Crippen molar-refractivity contribution in [2.45, 2.75) is 12.7 Å². The van der Waals surface area contributed by atoms with Crippen molar-refractivity contribution in [3.63, 3.8) is 0 Å². The van der Waals surface area contributed by atoms with Gasteiger partial charge in [-0.1, -0.05) is 47.5 Å². The number of hydrogen-bond acceptors (Lipinski definition) is 4. The van der Waals surface area contributed by atoms with Crippen molar-refractivity contribution >= 4 is 56.6 Å². The molecule has 0 saturated carbocycles. The molecule has 0 fully saturated rings. The SMILES string of the molecule is Cc1ccc(N(CC(=O)NCCSCc2ccccc2Cl)S(C)(=O)=O)cc1Cl. The van der Waals surface area contributed by atoms with Crippen LogP contribution in [-0.4, -0.2) is 39.4 Å². The van der Waals surface area contributed by atoms with Crippen molar-refractivity contribution in [1.29, 1.82) is 0 Å². The molecule has 5 nitrogen and oxygen atoms in total. The first-order valence-corrected chi connectivity index (χ1v) is 12.3. The average molecular weight is 461 g/mol. The lowest BCUT2D eigenvalue weighted by Crippen LogP contribution is -2.41. The number of aryl methyl sites for hydroxylation is 1. The molecule has 2 aromatic rings. The normalized spacial score (nSPS) is 11.3. The molecule has 0 unspecified atom stereocenters. The summed E-state index contributed by atoms with van der Waals surface area (Å²) >= 11 is 13.8. The molecule has 0 aliphatic heterocycles. The van der Waals surface area contributed by atoms with Crippen LogP contribution in [0.4, 0.5) is 5.69 Å². The summed E-state index contributed by atoms with van der Waals surface area (Å²) in [4.78, 5) is 12.2. The van der Waals surface area contributed by atoms with Crippen LogP contribution >= 0.6 is 35.0 Å². The number of carbonyl (C=O) groups is 1. The standard InChI is InChI=1S/C19H22Cl2N2O3S2/c1-14-7-8-16(11-18(14)21)23(28(2,25)26)12-19(24)22-9-10-27-13-15-5-3-4-6-17(15)20/h3-8,11H,9-10,12-13H2,1-2H3,(H,22,24). The number of thioether (sulfide) groups is 1. The van der Waals surface area contributed by atoms with E-state index < -0.39 is 10.0 Å². The molecule has 0 heterocycles. The van der Waals surface area contributed by atoms with Gasteiger partial charge in [0.1, 0.15) is 6.54 Å². The maximum absolute atomic E-state index is 12.2. The summed E-state index contributed by atoms with van der Waals surface area (Å²) < 4.78 is 25.3. The smallest absolute Gasteiger partial charge is 0.240 e. The third-order valence-electron chi connectivity index (χ3n) is 3.91. The van der Waals surface area contributed by atoms with E-state index in [1.165, 1.54) is 0 Å². The Labute approximate surface area is 180 Å². The zero-order valence-electron chi connectivity index (χ0n) is 15.6. The number of rotatable bonds is 9. The molecule has 0 atom stereocenters. The minimum Gasteiger partial charge on any atom is -0.354 e. The largest absolute Gasteiger partial charge is 0.354 e. The minimum absolute atomic E-state index is 0.298. The van der Waals surface area contributed by atoms with E-state index in [-0.39, 0.29) is 12.5 Å². The average Bonchev–Trinajstić information content (AvgIpc) is 2.62. The molecule has 1 N–H and O–H groups in total. The second-order valence-corrected chi connectivity index (χ2v) is 10.0. The highest BCUT2D eigenvalue weighted by atomic mass is 35.5. The highest BCUT2D eigenvalue weighted by Gasteiger charge is 2.21. The molecule has 1 amide bonds. The summed E-state index contributed by atoms with van der Waals surface area (Å²) in [5, 5.41) is 3.92. The van der Waals surface area contributed by atoms with E-state index in [4.69, 9.17) is 23.2 Å². The molecule has 28 heavy (non-hydrogen) atoms. The molecule has 0 radical (unpaired) electrons. The Morgan fingerprint density at radius 2 is 1.86 bits per heavy atom. The summed E-state index contributed by atoms with van der Waals surface area (Å²) in [6.45, 7) is 1.96. The topological polar surface area (TPSA) is 66.5 Å². The van der Waals surface area contributed by atoms with Gasteiger partial charge in [0.2, 0.25) is 15.9 Å². The van der Waals surface area contributed by atoms with Crippen molar-refractivity contribution in [2.75, 3.05) is 29.4 Å². The lowest BCUT2D eigenvalue weighted by atomic mass is 10.2. The van der Waals surface area contributed by atoms with Gasteiger partial charge >= 0.3 is 0 Å². The van der Waals surface area contributed by atoms with E-state index >= 15 is 0 Å². The predicted octanol–water partition coefficient (Wildman–Crippen LogP) is 4.12.